The molecule has 9 heteroatoms. The number of hydrogen-bond donors (Lipinski definition) is 0. The Bertz CT molecular complexity index is 1390. The van der Waals surface area contributed by atoms with Gasteiger partial charge in [-0.15, -0.1) is 0 Å². The van der Waals surface area contributed by atoms with E-state index in [1.807, 2.05) is 31.2 Å². The third kappa shape index (κ3) is 4.75. The number of rotatable bonds is 6. The van der Waals surface area contributed by atoms with E-state index in [4.69, 9.17) is 4.74 Å². The number of hydrogen-bond acceptors (Lipinski definition) is 5. The summed E-state index contributed by atoms with van der Waals surface area (Å²) >= 11 is 0. The Kier molecular flexibility index (Phi) is 6.22. The number of ether oxygens (including phenoxy) is 1. The summed E-state index contributed by atoms with van der Waals surface area (Å²) in [5.74, 6) is 0.399. The zero-order valence-corrected chi connectivity index (χ0v) is 19.4. The molecule has 0 unspecified atom stereocenters. The monoisotopic (exact) mass is 475 g/mol. The second-order valence-corrected chi connectivity index (χ2v) is 8.39. The molecule has 0 radical (unpaired) electrons. The lowest BCUT2D eigenvalue weighted by Gasteiger charge is -2.36. The van der Waals surface area contributed by atoms with Gasteiger partial charge in [0.15, 0.2) is 0 Å². The van der Waals surface area contributed by atoms with E-state index >= 15 is 0 Å². The first-order valence-corrected chi connectivity index (χ1v) is 11.6. The van der Waals surface area contributed by atoms with Crippen molar-refractivity contribution in [2.45, 2.75) is 13.5 Å². The minimum absolute atomic E-state index is 0.0323. The smallest absolute Gasteiger partial charge is 0.277 e. The summed E-state index contributed by atoms with van der Waals surface area (Å²) in [5, 5.41) is 4.51. The van der Waals surface area contributed by atoms with Crippen molar-refractivity contribution in [1.29, 1.82) is 0 Å². The van der Waals surface area contributed by atoms with Gasteiger partial charge in [-0.25, -0.2) is 8.91 Å². The molecule has 0 bridgehead atoms. The van der Waals surface area contributed by atoms with Gasteiger partial charge in [-0.2, -0.15) is 5.10 Å². The summed E-state index contributed by atoms with van der Waals surface area (Å²) in [6.07, 6.45) is 3.28. The van der Waals surface area contributed by atoms with Crippen molar-refractivity contribution in [2.75, 3.05) is 37.7 Å². The quantitative estimate of drug-likeness (QED) is 0.429. The van der Waals surface area contributed by atoms with E-state index in [2.05, 4.69) is 10.00 Å². The van der Waals surface area contributed by atoms with E-state index in [9.17, 15) is 14.0 Å². The van der Waals surface area contributed by atoms with Crippen LogP contribution in [0.4, 0.5) is 10.1 Å². The highest BCUT2D eigenvalue weighted by Gasteiger charge is 2.22. The Balaban J connectivity index is 1.27. The highest BCUT2D eigenvalue weighted by atomic mass is 19.1. The van der Waals surface area contributed by atoms with E-state index in [-0.39, 0.29) is 23.8 Å². The van der Waals surface area contributed by atoms with E-state index in [1.165, 1.54) is 21.2 Å². The Labute approximate surface area is 201 Å². The van der Waals surface area contributed by atoms with Gasteiger partial charge < -0.3 is 19.1 Å². The number of nitrogens with zero attached hydrogens (tertiary/aromatic N) is 5. The Morgan fingerprint density at radius 1 is 1.00 bits per heavy atom. The minimum Gasteiger partial charge on any atom is -0.494 e. The van der Waals surface area contributed by atoms with Crippen molar-refractivity contribution in [1.82, 2.24) is 19.1 Å². The predicted molar refractivity (Wildman–Crippen MR) is 131 cm³/mol. The first-order valence-electron chi connectivity index (χ1n) is 11.6. The van der Waals surface area contributed by atoms with Crippen molar-refractivity contribution >= 4 is 17.1 Å². The number of amides is 1. The van der Waals surface area contributed by atoms with Crippen molar-refractivity contribution in [2.24, 2.45) is 0 Å². The van der Waals surface area contributed by atoms with Crippen LogP contribution in [0.15, 0.2) is 71.8 Å². The van der Waals surface area contributed by atoms with Crippen molar-refractivity contribution in [3.8, 4) is 17.0 Å². The van der Waals surface area contributed by atoms with Crippen LogP contribution in [0, 0.1) is 5.82 Å². The van der Waals surface area contributed by atoms with Gasteiger partial charge in [0.05, 0.1) is 12.3 Å². The molecule has 2 aromatic heterocycles. The Morgan fingerprint density at radius 2 is 1.71 bits per heavy atom. The predicted octanol–water partition coefficient (Wildman–Crippen LogP) is 3.05. The van der Waals surface area contributed by atoms with Crippen LogP contribution in [0.1, 0.15) is 6.92 Å². The van der Waals surface area contributed by atoms with Crippen LogP contribution in [0.3, 0.4) is 0 Å². The first kappa shape index (κ1) is 22.6. The van der Waals surface area contributed by atoms with Gasteiger partial charge in [0.1, 0.15) is 23.6 Å². The van der Waals surface area contributed by atoms with Crippen LogP contribution in [-0.4, -0.2) is 57.8 Å². The number of piperazine rings is 1. The zero-order valence-electron chi connectivity index (χ0n) is 19.4. The lowest BCUT2D eigenvalue weighted by Crippen LogP contribution is -2.50. The fourth-order valence-electron chi connectivity index (χ4n) is 4.29. The molecule has 1 saturated heterocycles. The summed E-state index contributed by atoms with van der Waals surface area (Å²) in [7, 11) is 0. The summed E-state index contributed by atoms with van der Waals surface area (Å²) in [6.45, 7) is 4.88. The number of fused-ring (bicyclic) bond motifs is 1. The van der Waals surface area contributed by atoms with Gasteiger partial charge in [-0.1, -0.05) is 0 Å². The molecule has 0 spiro atoms. The van der Waals surface area contributed by atoms with Gasteiger partial charge in [0.25, 0.3) is 5.56 Å². The molecule has 8 nitrogen and oxygen atoms in total. The number of carbonyl (C=O) groups excluding carboxylic acids is 1. The normalized spacial score (nSPS) is 13.9. The average Bonchev–Trinajstić information content (AvgIpc) is 3.32. The van der Waals surface area contributed by atoms with Gasteiger partial charge in [0, 0.05) is 49.8 Å². The highest BCUT2D eigenvalue weighted by molar-refractivity contribution is 5.76. The molecule has 1 aliphatic heterocycles. The maximum Gasteiger partial charge on any atom is 0.277 e. The largest absolute Gasteiger partial charge is 0.494 e. The van der Waals surface area contributed by atoms with Gasteiger partial charge in [-0.05, 0) is 61.5 Å². The third-order valence-electron chi connectivity index (χ3n) is 6.19. The van der Waals surface area contributed by atoms with Crippen LogP contribution >= 0.6 is 0 Å². The summed E-state index contributed by atoms with van der Waals surface area (Å²) < 4.78 is 21.6. The fraction of sp³-hybridized carbons (Fsp3) is 0.269. The lowest BCUT2D eigenvalue weighted by atomic mass is 10.1. The molecule has 0 aliphatic carbocycles. The van der Waals surface area contributed by atoms with Gasteiger partial charge in [-0.3, -0.25) is 9.59 Å². The van der Waals surface area contributed by atoms with Crippen LogP contribution in [-0.2, 0) is 11.3 Å². The van der Waals surface area contributed by atoms with E-state index < -0.39 is 0 Å². The van der Waals surface area contributed by atoms with Gasteiger partial charge >= 0.3 is 0 Å². The summed E-state index contributed by atoms with van der Waals surface area (Å²) in [5.41, 5.74) is 2.62. The van der Waals surface area contributed by atoms with E-state index in [1.54, 1.807) is 35.5 Å². The summed E-state index contributed by atoms with van der Waals surface area (Å²) in [6, 6.07) is 15.6. The van der Waals surface area contributed by atoms with Crippen LogP contribution in [0.2, 0.25) is 0 Å². The number of benzene rings is 2. The van der Waals surface area contributed by atoms with Crippen molar-refractivity contribution < 1.29 is 13.9 Å². The molecule has 180 valence electrons. The van der Waals surface area contributed by atoms with E-state index in [0.29, 0.717) is 44.0 Å². The SMILES string of the molecule is CCOc1ccc(-c2cc3c(=O)n(CC(=O)N4CCN(c5ccc(F)cc5)CC4)ccn3n2)cc1. The second kappa shape index (κ2) is 9.61. The first-order chi connectivity index (χ1) is 17.0. The zero-order chi connectivity index (χ0) is 24.4. The molecule has 1 amide bonds. The molecule has 1 aliphatic rings. The molecule has 0 saturated carbocycles. The molecular formula is C26H26FN5O3. The number of halogens is 1. The van der Waals surface area contributed by atoms with Crippen LogP contribution in [0.25, 0.3) is 16.8 Å². The molecule has 0 atom stereocenters. The Morgan fingerprint density at radius 3 is 2.40 bits per heavy atom. The number of aromatic nitrogens is 3. The van der Waals surface area contributed by atoms with Crippen LogP contribution < -0.4 is 15.2 Å². The number of anilines is 1. The standard InChI is InChI=1S/C26H26FN5O3/c1-2-35-22-9-3-19(4-10-22)23-17-24-26(34)31(15-16-32(24)28-23)18-25(33)30-13-11-29(12-14-30)21-7-5-20(27)6-8-21/h3-10,15-17H,2,11-14,18H2,1H3. The minimum atomic E-state index is -0.269. The topological polar surface area (TPSA) is 72.1 Å². The van der Waals surface area contributed by atoms with E-state index in [0.717, 1.165) is 17.0 Å². The fourth-order valence-corrected chi connectivity index (χ4v) is 4.29. The maximum absolute atomic E-state index is 13.2. The second-order valence-electron chi connectivity index (χ2n) is 8.39. The summed E-state index contributed by atoms with van der Waals surface area (Å²) in [4.78, 5) is 29.9. The van der Waals surface area contributed by atoms with Crippen molar-refractivity contribution in [3.05, 3.63) is 83.2 Å². The highest BCUT2D eigenvalue weighted by Crippen LogP contribution is 2.22. The molecule has 1 fully saturated rings. The molecule has 0 N–H and O–H groups in total. The number of carbonyl (C=O) groups is 1. The molecular weight excluding hydrogens is 449 g/mol. The molecule has 5 rings (SSSR count). The average molecular weight is 476 g/mol. The molecule has 2 aromatic carbocycles. The maximum atomic E-state index is 13.2. The molecule has 4 aromatic rings. The van der Waals surface area contributed by atoms with Gasteiger partial charge in [0.2, 0.25) is 5.91 Å². The molecule has 35 heavy (non-hydrogen) atoms. The van der Waals surface area contributed by atoms with Crippen LogP contribution in [0.5, 0.6) is 5.75 Å². The molecule has 3 heterocycles. The Hall–Kier alpha value is -4.14. The third-order valence-corrected chi connectivity index (χ3v) is 6.19. The lowest BCUT2D eigenvalue weighted by molar-refractivity contribution is -0.132. The van der Waals surface area contributed by atoms with Crippen molar-refractivity contribution in [3.63, 3.8) is 0 Å².